The predicted octanol–water partition coefficient (Wildman–Crippen LogP) is 1.18. The lowest BCUT2D eigenvalue weighted by atomic mass is 10.1. The Balaban J connectivity index is 2.18. The minimum absolute atomic E-state index is 0.152. The number of alkyl halides is 3. The first-order chi connectivity index (χ1) is 11.6. The van der Waals surface area contributed by atoms with Crippen LogP contribution in [0.25, 0.3) is 0 Å². The summed E-state index contributed by atoms with van der Waals surface area (Å²) >= 11 is 0. The zero-order chi connectivity index (χ0) is 18.8. The van der Waals surface area contributed by atoms with E-state index in [2.05, 4.69) is 0 Å². The highest BCUT2D eigenvalue weighted by molar-refractivity contribution is 7.89. The fourth-order valence-corrected chi connectivity index (χ4v) is 4.21. The molecule has 2 unspecified atom stereocenters. The average molecular weight is 379 g/mol. The number of nitrogens with one attached hydrogen (secondary N) is 1. The molecule has 0 saturated carbocycles. The van der Waals surface area contributed by atoms with Crippen molar-refractivity contribution in [3.63, 3.8) is 0 Å². The lowest BCUT2D eigenvalue weighted by Gasteiger charge is -2.22. The Morgan fingerprint density at radius 3 is 2.60 bits per heavy atom. The molecule has 0 aliphatic carbocycles. The van der Waals surface area contributed by atoms with Gasteiger partial charge in [0, 0.05) is 13.1 Å². The van der Waals surface area contributed by atoms with Crippen LogP contribution in [-0.4, -0.2) is 44.9 Å². The van der Waals surface area contributed by atoms with Gasteiger partial charge in [0.2, 0.25) is 15.9 Å². The number of carbonyl (C=O) groups is 1. The number of halogens is 3. The minimum Gasteiger partial charge on any atom is -0.341 e. The number of sulfonamides is 1. The molecule has 1 amide bonds. The van der Waals surface area contributed by atoms with Crippen LogP contribution in [0.15, 0.2) is 29.2 Å². The second-order valence-corrected chi connectivity index (χ2v) is 7.69. The quantitative estimate of drug-likeness (QED) is 0.804. The molecular formula is C15H20F3N3O3S. The van der Waals surface area contributed by atoms with E-state index in [9.17, 15) is 26.4 Å². The van der Waals surface area contributed by atoms with Gasteiger partial charge in [0.25, 0.3) is 0 Å². The molecule has 0 aromatic heterocycles. The molecule has 0 radical (unpaired) electrons. The molecule has 1 saturated heterocycles. The number of rotatable bonds is 5. The Hall–Kier alpha value is -1.65. The number of nitrogens with zero attached hydrogens (tertiary/aromatic N) is 1. The van der Waals surface area contributed by atoms with Gasteiger partial charge in [-0.05, 0) is 37.9 Å². The van der Waals surface area contributed by atoms with Crippen molar-refractivity contribution in [2.45, 2.75) is 30.5 Å². The molecule has 1 aromatic carbocycles. The van der Waals surface area contributed by atoms with E-state index in [1.54, 1.807) is 0 Å². The van der Waals surface area contributed by atoms with Crippen molar-refractivity contribution in [3.05, 3.63) is 29.8 Å². The smallest absolute Gasteiger partial charge is 0.341 e. The second-order valence-electron chi connectivity index (χ2n) is 6.01. The van der Waals surface area contributed by atoms with Gasteiger partial charge >= 0.3 is 6.18 Å². The van der Waals surface area contributed by atoms with Crippen LogP contribution in [0, 0.1) is 5.92 Å². The minimum atomic E-state index is -4.82. The van der Waals surface area contributed by atoms with Crippen molar-refractivity contribution < 1.29 is 26.4 Å². The third-order valence-electron chi connectivity index (χ3n) is 4.12. The monoisotopic (exact) mass is 379 g/mol. The normalized spacial score (nSPS) is 19.9. The molecule has 1 aromatic rings. The second kappa shape index (κ2) is 7.30. The van der Waals surface area contributed by atoms with Crippen molar-refractivity contribution in [3.8, 4) is 0 Å². The van der Waals surface area contributed by atoms with E-state index in [-0.39, 0.29) is 5.92 Å². The van der Waals surface area contributed by atoms with E-state index >= 15 is 0 Å². The number of carbonyl (C=O) groups excluding carboxylic acids is 1. The summed E-state index contributed by atoms with van der Waals surface area (Å²) in [7, 11) is -4.51. The lowest BCUT2D eigenvalue weighted by Crippen LogP contribution is -2.46. The molecule has 140 valence electrons. The maximum absolute atomic E-state index is 13.0. The van der Waals surface area contributed by atoms with Crippen LogP contribution >= 0.6 is 0 Å². The average Bonchev–Trinajstić information content (AvgIpc) is 3.02. The predicted molar refractivity (Wildman–Crippen MR) is 85.0 cm³/mol. The van der Waals surface area contributed by atoms with Crippen LogP contribution in [0.5, 0.6) is 0 Å². The van der Waals surface area contributed by atoms with Gasteiger partial charge in [0.05, 0.1) is 16.5 Å². The van der Waals surface area contributed by atoms with Crippen molar-refractivity contribution in [2.24, 2.45) is 11.7 Å². The summed E-state index contributed by atoms with van der Waals surface area (Å²) in [4.78, 5) is 12.9. The van der Waals surface area contributed by atoms with Crippen molar-refractivity contribution in [2.75, 3.05) is 19.6 Å². The highest BCUT2D eigenvalue weighted by Crippen LogP contribution is 2.34. The van der Waals surface area contributed by atoms with Crippen LogP contribution < -0.4 is 10.5 Å². The van der Waals surface area contributed by atoms with Gasteiger partial charge in [0.15, 0.2) is 0 Å². The summed E-state index contributed by atoms with van der Waals surface area (Å²) in [5, 5.41) is 0. The molecule has 3 N–H and O–H groups in total. The first-order valence-corrected chi connectivity index (χ1v) is 9.22. The van der Waals surface area contributed by atoms with Crippen molar-refractivity contribution >= 4 is 15.9 Å². The van der Waals surface area contributed by atoms with Crippen LogP contribution in [0.3, 0.4) is 0 Å². The summed E-state index contributed by atoms with van der Waals surface area (Å²) in [5.74, 6) is -0.331. The SMILES string of the molecule is CC(NS(=O)(=O)c1ccccc1C(F)(F)F)C(=O)N1CCC(CN)C1. The Morgan fingerprint density at radius 2 is 2.04 bits per heavy atom. The zero-order valence-electron chi connectivity index (χ0n) is 13.6. The van der Waals surface area contributed by atoms with E-state index in [0.717, 1.165) is 18.6 Å². The zero-order valence-corrected chi connectivity index (χ0v) is 14.4. The van der Waals surface area contributed by atoms with Crippen LogP contribution in [-0.2, 0) is 21.0 Å². The van der Waals surface area contributed by atoms with Gasteiger partial charge in [-0.2, -0.15) is 17.9 Å². The number of amides is 1. The van der Waals surface area contributed by atoms with E-state index in [1.165, 1.54) is 17.9 Å². The van der Waals surface area contributed by atoms with Gasteiger partial charge in [-0.15, -0.1) is 0 Å². The first kappa shape index (κ1) is 19.7. The van der Waals surface area contributed by atoms with Gasteiger partial charge in [-0.3, -0.25) is 4.79 Å². The van der Waals surface area contributed by atoms with Crippen LogP contribution in [0.1, 0.15) is 18.9 Å². The van der Waals surface area contributed by atoms with Gasteiger partial charge in [0.1, 0.15) is 0 Å². The first-order valence-electron chi connectivity index (χ1n) is 7.73. The molecule has 2 atom stereocenters. The number of likely N-dealkylation sites (tertiary alicyclic amines) is 1. The number of hydrogen-bond acceptors (Lipinski definition) is 4. The summed E-state index contributed by atoms with van der Waals surface area (Å²) < 4.78 is 65.8. The van der Waals surface area contributed by atoms with Crippen molar-refractivity contribution in [1.29, 1.82) is 0 Å². The Kier molecular flexibility index (Phi) is 5.75. The topological polar surface area (TPSA) is 92.5 Å². The molecule has 2 rings (SSSR count). The van der Waals surface area contributed by atoms with E-state index in [1.807, 2.05) is 4.72 Å². The number of benzene rings is 1. The van der Waals surface area contributed by atoms with Gasteiger partial charge < -0.3 is 10.6 Å². The third-order valence-corrected chi connectivity index (χ3v) is 5.71. The molecule has 6 nitrogen and oxygen atoms in total. The molecule has 0 spiro atoms. The highest BCUT2D eigenvalue weighted by Gasteiger charge is 2.38. The van der Waals surface area contributed by atoms with E-state index < -0.39 is 38.6 Å². The summed E-state index contributed by atoms with van der Waals surface area (Å²) in [6.07, 6.45) is -4.10. The molecule has 1 fully saturated rings. The van der Waals surface area contributed by atoms with E-state index in [0.29, 0.717) is 25.7 Å². The van der Waals surface area contributed by atoms with Crippen molar-refractivity contribution in [1.82, 2.24) is 9.62 Å². The fourth-order valence-electron chi connectivity index (χ4n) is 2.78. The molecule has 1 aliphatic heterocycles. The molecule has 10 heteroatoms. The fraction of sp³-hybridized carbons (Fsp3) is 0.533. The highest BCUT2D eigenvalue weighted by atomic mass is 32.2. The summed E-state index contributed by atoms with van der Waals surface area (Å²) in [5.41, 5.74) is 4.28. The van der Waals surface area contributed by atoms with Crippen LogP contribution in [0.4, 0.5) is 13.2 Å². The lowest BCUT2D eigenvalue weighted by molar-refractivity contribution is -0.139. The molecular weight excluding hydrogens is 359 g/mol. The Labute approximate surface area is 144 Å². The summed E-state index contributed by atoms with van der Waals surface area (Å²) in [6.45, 7) is 2.60. The molecule has 1 aliphatic rings. The molecule has 0 bridgehead atoms. The maximum atomic E-state index is 13.0. The van der Waals surface area contributed by atoms with Gasteiger partial charge in [-0.25, -0.2) is 8.42 Å². The van der Waals surface area contributed by atoms with E-state index in [4.69, 9.17) is 5.73 Å². The largest absolute Gasteiger partial charge is 0.417 e. The number of nitrogens with two attached hydrogens (primary N) is 1. The molecule has 1 heterocycles. The third kappa shape index (κ3) is 4.50. The van der Waals surface area contributed by atoms with Gasteiger partial charge in [-0.1, -0.05) is 12.1 Å². The molecule has 25 heavy (non-hydrogen) atoms. The number of hydrogen-bond donors (Lipinski definition) is 2. The van der Waals surface area contributed by atoms with Crippen LogP contribution in [0.2, 0.25) is 0 Å². The summed E-state index contributed by atoms with van der Waals surface area (Å²) in [6, 6.07) is 2.68. The Morgan fingerprint density at radius 1 is 1.40 bits per heavy atom. The Bertz CT molecular complexity index is 737. The standard InChI is InChI=1S/C15H20F3N3O3S/c1-10(14(22)21-7-6-11(8-19)9-21)20-25(23,24)13-5-3-2-4-12(13)15(16,17)18/h2-5,10-11,20H,6-9,19H2,1H3. The maximum Gasteiger partial charge on any atom is 0.417 e.